The minimum absolute atomic E-state index is 0.0129. The summed E-state index contributed by atoms with van der Waals surface area (Å²) in [4.78, 5) is 109. The van der Waals surface area contributed by atoms with Crippen molar-refractivity contribution in [1.29, 1.82) is 0 Å². The Morgan fingerprint density at radius 1 is 0.868 bits per heavy atom. The van der Waals surface area contributed by atoms with Crippen molar-refractivity contribution in [2.24, 2.45) is 17.6 Å². The van der Waals surface area contributed by atoms with Crippen LogP contribution in [-0.2, 0) is 61.1 Å². The van der Waals surface area contributed by atoms with Gasteiger partial charge in [0.25, 0.3) is 11.8 Å². The van der Waals surface area contributed by atoms with Gasteiger partial charge >= 0.3 is 12.1 Å². The highest BCUT2D eigenvalue weighted by Gasteiger charge is 2.30. The van der Waals surface area contributed by atoms with Crippen molar-refractivity contribution in [3.63, 3.8) is 0 Å². The Balaban J connectivity index is 0.818. The summed E-state index contributed by atoms with van der Waals surface area (Å²) in [6.45, 7) is 7.01. The number of ether oxygens (including phenoxy) is 1. The monoisotopic (exact) mass is 1030 g/mol. The molecule has 6 aromatic rings. The van der Waals surface area contributed by atoms with Crippen molar-refractivity contribution < 1.29 is 38.3 Å². The van der Waals surface area contributed by atoms with Crippen molar-refractivity contribution in [2.45, 2.75) is 104 Å². The van der Waals surface area contributed by atoms with Gasteiger partial charge < -0.3 is 36.3 Å². The summed E-state index contributed by atoms with van der Waals surface area (Å²) in [7, 11) is 0. The van der Waals surface area contributed by atoms with E-state index >= 15 is 0 Å². The molecule has 76 heavy (non-hydrogen) atoms. The zero-order chi connectivity index (χ0) is 53.7. The number of rotatable bonds is 24. The third-order valence-corrected chi connectivity index (χ3v) is 13.6. The number of H-pyrrole nitrogens is 1. The van der Waals surface area contributed by atoms with Gasteiger partial charge in [0.15, 0.2) is 11.4 Å². The minimum atomic E-state index is -0.837. The lowest BCUT2D eigenvalue weighted by atomic mass is 9.89. The molecule has 6 N–H and O–H groups in total. The van der Waals surface area contributed by atoms with E-state index in [2.05, 4.69) is 49.2 Å². The quantitative estimate of drug-likeness (QED) is 0.0319. The second kappa shape index (κ2) is 25.1. The number of hydrogen-bond donors (Lipinski definition) is 5. The summed E-state index contributed by atoms with van der Waals surface area (Å²) in [6, 6.07) is 21.6. The van der Waals surface area contributed by atoms with E-state index in [0.717, 1.165) is 55.8 Å². The highest BCUT2D eigenvalue weighted by atomic mass is 16.6. The maximum Gasteiger partial charge on any atom is 0.410 e. The molecule has 4 aromatic heterocycles. The Kier molecular flexibility index (Phi) is 17.8. The Morgan fingerprint density at radius 2 is 1.66 bits per heavy atom. The molecule has 0 saturated heterocycles. The molecule has 2 aromatic carbocycles. The number of imidazole rings is 1. The lowest BCUT2D eigenvalue weighted by Gasteiger charge is -2.28. The zero-order valence-electron chi connectivity index (χ0n) is 43.1. The fraction of sp³-hybridized carbons (Fsp3) is 0.375. The number of nitrogens with two attached hydrogens (primary N) is 1. The van der Waals surface area contributed by atoms with E-state index in [0.29, 0.717) is 69.3 Å². The number of anilines is 1. The summed E-state index contributed by atoms with van der Waals surface area (Å²) in [5, 5.41) is 12.6. The molecule has 0 bridgehead atoms. The third kappa shape index (κ3) is 14.2. The summed E-state index contributed by atoms with van der Waals surface area (Å²) in [5.41, 5.74) is 14.7. The lowest BCUT2D eigenvalue weighted by molar-refractivity contribution is -0.137. The molecule has 20 heteroatoms. The molecular formula is C56H64N12O8. The van der Waals surface area contributed by atoms with Crippen LogP contribution in [-0.4, -0.2) is 107 Å². The maximum absolute atomic E-state index is 13.8. The predicted molar refractivity (Wildman–Crippen MR) is 283 cm³/mol. The van der Waals surface area contributed by atoms with Gasteiger partial charge in [-0.2, -0.15) is 5.10 Å². The minimum Gasteiger partial charge on any atom is -0.445 e. The number of urea groups is 1. The van der Waals surface area contributed by atoms with Crippen LogP contribution in [0.4, 0.5) is 15.3 Å². The maximum atomic E-state index is 13.8. The average Bonchev–Trinajstić information content (AvgIpc) is 4.18. The first-order valence-electron chi connectivity index (χ1n) is 25.8. The number of Topliss-reactive ketones (excluding diaryl/α,β-unsaturated/α-hetero) is 1. The second-order valence-electron chi connectivity index (χ2n) is 19.6. The number of benzene rings is 2. The number of carbonyl (C=O) groups excluding carboxylic acids is 7. The number of unbranched alkanes of at least 4 members (excludes halogenated alkanes) is 2. The van der Waals surface area contributed by atoms with Crippen LogP contribution < -0.4 is 21.7 Å². The van der Waals surface area contributed by atoms with Crippen LogP contribution in [0.2, 0.25) is 0 Å². The first-order chi connectivity index (χ1) is 36.7. The van der Waals surface area contributed by atoms with Gasteiger partial charge in [-0.3, -0.25) is 33.9 Å². The van der Waals surface area contributed by atoms with Crippen molar-refractivity contribution >= 4 is 52.9 Å². The molecule has 0 saturated carbocycles. The lowest BCUT2D eigenvalue weighted by Crippen LogP contribution is -2.45. The van der Waals surface area contributed by atoms with Gasteiger partial charge in [0.05, 0.1) is 23.1 Å². The second-order valence-corrected chi connectivity index (χ2v) is 19.6. The van der Waals surface area contributed by atoms with Gasteiger partial charge in [-0.05, 0) is 110 Å². The fourth-order valence-electron chi connectivity index (χ4n) is 9.43. The SMILES string of the molecule is Cc1cccc(-c2[nH]c(CCc3ccc4c(c3)CN(C(=O)OCc3ccc(NC(=O)[C@H](CCCNC(N)=O)CC(=O)[C@@H](NC(=O)CCCCCN5C(=O)C=CC5=O)C(C)C)cc3)CC4)nc2-c2ccc3ncnn3c2)n1. The molecule has 7 amide bonds. The number of nitrogens with zero attached hydrogens (tertiary/aromatic N) is 7. The van der Waals surface area contributed by atoms with E-state index in [-0.39, 0.29) is 68.4 Å². The van der Waals surface area contributed by atoms with E-state index in [1.165, 1.54) is 24.0 Å². The number of aryl methyl sites for hydroxylation is 3. The molecule has 0 spiro atoms. The first-order valence-corrected chi connectivity index (χ1v) is 25.8. The number of fused-ring (bicyclic) bond motifs is 2. The number of nitrogens with one attached hydrogen (secondary N) is 4. The summed E-state index contributed by atoms with van der Waals surface area (Å²) < 4.78 is 7.50. The zero-order valence-corrected chi connectivity index (χ0v) is 43.1. The van der Waals surface area contributed by atoms with Crippen LogP contribution in [0.15, 0.2) is 97.5 Å². The number of aromatic nitrogens is 6. The van der Waals surface area contributed by atoms with Crippen molar-refractivity contribution in [3.05, 3.63) is 131 Å². The third-order valence-electron chi connectivity index (χ3n) is 13.6. The molecule has 396 valence electrons. The normalized spacial score (nSPS) is 13.9. The molecule has 2 aliphatic rings. The van der Waals surface area contributed by atoms with E-state index in [1.54, 1.807) is 33.7 Å². The van der Waals surface area contributed by atoms with E-state index < -0.39 is 30.0 Å². The predicted octanol–water partition coefficient (Wildman–Crippen LogP) is 6.56. The molecule has 8 rings (SSSR count). The van der Waals surface area contributed by atoms with Crippen LogP contribution in [0.3, 0.4) is 0 Å². The Labute approximate surface area is 440 Å². The number of hydrogen-bond acceptors (Lipinski definition) is 12. The van der Waals surface area contributed by atoms with Gasteiger partial charge in [0.1, 0.15) is 18.8 Å². The van der Waals surface area contributed by atoms with E-state index in [1.807, 2.05) is 57.3 Å². The van der Waals surface area contributed by atoms with Gasteiger partial charge in [-0.15, -0.1) is 0 Å². The number of imide groups is 1. The Bertz CT molecular complexity index is 3110. The standard InChI is InChI=1S/C56H64N12O8/c1-35(2)51(65-48(70)12-5-4-6-27-67-49(71)23-24-50(67)72)45(69)30-40(10-8-26-58-55(57)74)54(73)62-43-19-14-38(15-20-43)33-76-56(75)66-28-25-39-17-13-37(29-42(39)31-66)16-21-46-63-52(41-18-22-47-59-34-60-68(47)32-41)53(64-46)44-11-7-9-36(3)61-44/h7,9,11,13-15,17-20,22-24,29,32,34-35,40,51H,4-6,8,10,12,16,21,25-28,30-31,33H2,1-3H3,(H,62,73)(H,63,64)(H,65,70)(H3,57,58,74)/t40-,51+/m1/s1. The van der Waals surface area contributed by atoms with Crippen molar-refractivity contribution in [3.8, 4) is 22.6 Å². The molecule has 2 aliphatic heterocycles. The van der Waals surface area contributed by atoms with Gasteiger partial charge in [0, 0.05) is 86.7 Å². The first kappa shape index (κ1) is 53.7. The topological polar surface area (TPSA) is 269 Å². The largest absolute Gasteiger partial charge is 0.445 e. The smallest absolute Gasteiger partial charge is 0.410 e. The summed E-state index contributed by atoms with van der Waals surface area (Å²) >= 11 is 0. The van der Waals surface area contributed by atoms with Gasteiger partial charge in [-0.1, -0.05) is 56.7 Å². The molecule has 0 aliphatic carbocycles. The van der Waals surface area contributed by atoms with Crippen LogP contribution >= 0.6 is 0 Å². The molecule has 20 nitrogen and oxygen atoms in total. The molecular weight excluding hydrogens is 969 g/mol. The highest BCUT2D eigenvalue weighted by molar-refractivity contribution is 6.12. The Morgan fingerprint density at radius 3 is 2.42 bits per heavy atom. The van der Waals surface area contributed by atoms with Crippen LogP contribution in [0, 0.1) is 18.8 Å². The van der Waals surface area contributed by atoms with E-state index in [4.69, 9.17) is 20.4 Å². The number of carbonyl (C=O) groups is 7. The van der Waals surface area contributed by atoms with Gasteiger partial charge in [-0.25, -0.2) is 24.1 Å². The number of ketones is 1. The molecule has 0 fully saturated rings. The van der Waals surface area contributed by atoms with Crippen LogP contribution in [0.25, 0.3) is 28.3 Å². The number of primary amides is 1. The fourth-order valence-corrected chi connectivity index (χ4v) is 9.43. The average molecular weight is 1030 g/mol. The number of aromatic amines is 1. The number of amides is 7. The molecule has 0 radical (unpaired) electrons. The van der Waals surface area contributed by atoms with Crippen molar-refractivity contribution in [2.75, 3.05) is 25.0 Å². The number of pyridine rings is 2. The summed E-state index contributed by atoms with van der Waals surface area (Å²) in [5.74, 6) is -1.93. The van der Waals surface area contributed by atoms with E-state index in [9.17, 15) is 33.6 Å². The Hall–Kier alpha value is -8.55. The molecule has 0 unspecified atom stereocenters. The van der Waals surface area contributed by atoms with Crippen LogP contribution in [0.1, 0.15) is 92.6 Å². The van der Waals surface area contributed by atoms with Crippen LogP contribution in [0.5, 0.6) is 0 Å². The molecule has 6 heterocycles. The van der Waals surface area contributed by atoms with Gasteiger partial charge in [0.2, 0.25) is 11.8 Å². The molecule has 2 atom stereocenters. The summed E-state index contributed by atoms with van der Waals surface area (Å²) in [6.07, 6.45) is 9.81. The van der Waals surface area contributed by atoms with Crippen molar-refractivity contribution in [1.82, 2.24) is 50.0 Å². The highest BCUT2D eigenvalue weighted by Crippen LogP contribution is 2.31.